The van der Waals surface area contributed by atoms with E-state index < -0.39 is 15.1 Å². The Hall–Kier alpha value is -1.73. The predicted octanol–water partition coefficient (Wildman–Crippen LogP) is 3.52. The fourth-order valence-corrected chi connectivity index (χ4v) is 5.32. The van der Waals surface area contributed by atoms with E-state index in [0.717, 1.165) is 36.3 Å². The van der Waals surface area contributed by atoms with Crippen molar-refractivity contribution >= 4 is 27.1 Å². The maximum Gasteiger partial charge on any atom is 0.240 e. The Kier molecular flexibility index (Phi) is 6.09. The molecule has 1 saturated heterocycles. The zero-order valence-electron chi connectivity index (χ0n) is 14.9. The van der Waals surface area contributed by atoms with Gasteiger partial charge in [0.1, 0.15) is 10.3 Å². The molecule has 2 heterocycles. The quantitative estimate of drug-likeness (QED) is 0.781. The van der Waals surface area contributed by atoms with Crippen molar-refractivity contribution < 1.29 is 13.2 Å². The first-order valence-electron chi connectivity index (χ1n) is 8.97. The summed E-state index contributed by atoms with van der Waals surface area (Å²) >= 11 is 1.42. The molecule has 1 aliphatic rings. The third kappa shape index (κ3) is 4.51. The molecule has 1 atom stereocenters. The van der Waals surface area contributed by atoms with Crippen molar-refractivity contribution in [2.45, 2.75) is 43.6 Å². The number of nitrogens with zero attached hydrogens (tertiary/aromatic N) is 2. The summed E-state index contributed by atoms with van der Waals surface area (Å²) in [5, 5.41) is 1.54. The van der Waals surface area contributed by atoms with Gasteiger partial charge in [0.15, 0.2) is 9.84 Å². The molecule has 1 fully saturated rings. The minimum atomic E-state index is -3.59. The van der Waals surface area contributed by atoms with Crippen molar-refractivity contribution in [3.05, 3.63) is 41.4 Å². The normalized spacial score (nSPS) is 16.9. The van der Waals surface area contributed by atoms with Gasteiger partial charge in [-0.3, -0.25) is 4.79 Å². The summed E-state index contributed by atoms with van der Waals surface area (Å²) in [6, 6.07) is 9.67. The number of rotatable bonds is 5. The first kappa shape index (κ1) is 19.0. The highest BCUT2D eigenvalue weighted by atomic mass is 32.2. The van der Waals surface area contributed by atoms with Gasteiger partial charge in [0, 0.05) is 24.0 Å². The molecule has 1 amide bonds. The number of amides is 1. The van der Waals surface area contributed by atoms with Crippen molar-refractivity contribution in [3.8, 4) is 10.6 Å². The first-order chi connectivity index (χ1) is 12.5. The molecule has 0 unspecified atom stereocenters. The van der Waals surface area contributed by atoms with E-state index in [1.54, 1.807) is 10.3 Å². The summed E-state index contributed by atoms with van der Waals surface area (Å²) in [6.07, 6.45) is 4.11. The van der Waals surface area contributed by atoms with Crippen LogP contribution in [0.1, 0.15) is 38.3 Å². The van der Waals surface area contributed by atoms with Crippen LogP contribution in [-0.2, 0) is 20.4 Å². The minimum absolute atomic E-state index is 0.197. The summed E-state index contributed by atoms with van der Waals surface area (Å²) in [7, 11) is -3.59. The molecular formula is C19H24N2O3S2. The van der Waals surface area contributed by atoms with Crippen LogP contribution in [-0.4, -0.2) is 42.5 Å². The van der Waals surface area contributed by atoms with Crippen molar-refractivity contribution in [2.24, 2.45) is 0 Å². The fourth-order valence-electron chi connectivity index (χ4n) is 3.12. The average molecular weight is 393 g/mol. The lowest BCUT2D eigenvalue weighted by molar-refractivity contribution is -0.130. The SMILES string of the molecule is C[C@@H](C(=O)N1CCCCCC1)S(=O)(=O)Cc1csc(-c2ccccc2)n1. The van der Waals surface area contributed by atoms with E-state index in [1.807, 2.05) is 30.3 Å². The van der Waals surface area contributed by atoms with E-state index >= 15 is 0 Å². The largest absolute Gasteiger partial charge is 0.342 e. The van der Waals surface area contributed by atoms with Gasteiger partial charge in [-0.05, 0) is 19.8 Å². The van der Waals surface area contributed by atoms with Crippen LogP contribution in [0, 0.1) is 0 Å². The minimum Gasteiger partial charge on any atom is -0.342 e. The van der Waals surface area contributed by atoms with E-state index in [4.69, 9.17) is 0 Å². The number of hydrogen-bond acceptors (Lipinski definition) is 5. The molecule has 0 aliphatic carbocycles. The van der Waals surface area contributed by atoms with E-state index in [0.29, 0.717) is 18.8 Å². The molecular weight excluding hydrogens is 368 g/mol. The van der Waals surface area contributed by atoms with Crippen LogP contribution in [0.4, 0.5) is 0 Å². The molecule has 1 aromatic carbocycles. The Bertz CT molecular complexity index is 839. The molecule has 0 radical (unpaired) electrons. The van der Waals surface area contributed by atoms with Gasteiger partial charge in [0.2, 0.25) is 5.91 Å². The molecule has 140 valence electrons. The number of likely N-dealkylation sites (tertiary alicyclic amines) is 1. The number of aromatic nitrogens is 1. The van der Waals surface area contributed by atoms with Gasteiger partial charge < -0.3 is 4.90 Å². The molecule has 0 saturated carbocycles. The molecule has 7 heteroatoms. The lowest BCUT2D eigenvalue weighted by Gasteiger charge is -2.23. The van der Waals surface area contributed by atoms with Crippen molar-refractivity contribution in [1.29, 1.82) is 0 Å². The van der Waals surface area contributed by atoms with Crippen LogP contribution < -0.4 is 0 Å². The number of carbonyl (C=O) groups is 1. The summed E-state index contributed by atoms with van der Waals surface area (Å²) < 4.78 is 25.5. The first-order valence-corrected chi connectivity index (χ1v) is 11.6. The maximum atomic E-state index is 12.7. The Morgan fingerprint density at radius 2 is 1.81 bits per heavy atom. The highest BCUT2D eigenvalue weighted by Gasteiger charge is 2.32. The topological polar surface area (TPSA) is 67.3 Å². The number of thiazole rings is 1. The lowest BCUT2D eigenvalue weighted by Crippen LogP contribution is -2.42. The van der Waals surface area contributed by atoms with Gasteiger partial charge in [-0.15, -0.1) is 11.3 Å². The van der Waals surface area contributed by atoms with Crippen LogP contribution in [0.5, 0.6) is 0 Å². The molecule has 0 spiro atoms. The summed E-state index contributed by atoms with van der Waals surface area (Å²) in [6.45, 7) is 2.83. The average Bonchev–Trinajstić information content (AvgIpc) is 2.92. The monoisotopic (exact) mass is 392 g/mol. The summed E-state index contributed by atoms with van der Waals surface area (Å²) in [5.41, 5.74) is 1.47. The smallest absolute Gasteiger partial charge is 0.240 e. The van der Waals surface area contributed by atoms with Gasteiger partial charge in [0.05, 0.1) is 11.4 Å². The Morgan fingerprint density at radius 1 is 1.15 bits per heavy atom. The van der Waals surface area contributed by atoms with E-state index in [9.17, 15) is 13.2 Å². The van der Waals surface area contributed by atoms with Gasteiger partial charge in [-0.2, -0.15) is 0 Å². The second kappa shape index (κ2) is 8.31. The van der Waals surface area contributed by atoms with Crippen molar-refractivity contribution in [2.75, 3.05) is 13.1 Å². The standard InChI is InChI=1S/C19H24N2O3S2/c1-15(19(22)21-11-7-2-3-8-12-21)26(23,24)14-17-13-25-18(20-17)16-9-5-4-6-10-16/h4-6,9-10,13,15H,2-3,7-8,11-12,14H2,1H3/t15-/m0/s1. The van der Waals surface area contributed by atoms with Crippen LogP contribution in [0.3, 0.4) is 0 Å². The van der Waals surface area contributed by atoms with Crippen LogP contribution in [0.15, 0.2) is 35.7 Å². The molecule has 1 aliphatic heterocycles. The number of carbonyl (C=O) groups excluding carboxylic acids is 1. The second-order valence-corrected chi connectivity index (χ2v) is 9.88. The maximum absolute atomic E-state index is 12.7. The Morgan fingerprint density at radius 3 is 2.46 bits per heavy atom. The van der Waals surface area contributed by atoms with E-state index in [2.05, 4.69) is 4.98 Å². The Labute approximate surface area is 159 Å². The molecule has 26 heavy (non-hydrogen) atoms. The van der Waals surface area contributed by atoms with Gasteiger partial charge in [0.25, 0.3) is 0 Å². The molecule has 1 aromatic heterocycles. The van der Waals surface area contributed by atoms with Gasteiger partial charge in [-0.25, -0.2) is 13.4 Å². The molecule has 0 bridgehead atoms. The molecule has 3 rings (SSSR count). The zero-order chi connectivity index (χ0) is 18.6. The molecule has 0 N–H and O–H groups in total. The predicted molar refractivity (Wildman–Crippen MR) is 105 cm³/mol. The number of benzene rings is 1. The summed E-state index contributed by atoms with van der Waals surface area (Å²) in [4.78, 5) is 18.8. The Balaban J connectivity index is 1.70. The van der Waals surface area contributed by atoms with Crippen molar-refractivity contribution in [1.82, 2.24) is 9.88 Å². The third-order valence-corrected chi connectivity index (χ3v) is 7.64. The van der Waals surface area contributed by atoms with Crippen LogP contribution in [0.2, 0.25) is 0 Å². The van der Waals surface area contributed by atoms with Crippen molar-refractivity contribution in [3.63, 3.8) is 0 Å². The van der Waals surface area contributed by atoms with Gasteiger partial charge in [-0.1, -0.05) is 43.2 Å². The van der Waals surface area contributed by atoms with Crippen LogP contribution >= 0.6 is 11.3 Å². The number of hydrogen-bond donors (Lipinski definition) is 0. The van der Waals surface area contributed by atoms with E-state index in [1.165, 1.54) is 18.3 Å². The highest BCUT2D eigenvalue weighted by molar-refractivity contribution is 7.92. The third-order valence-electron chi connectivity index (χ3n) is 4.73. The lowest BCUT2D eigenvalue weighted by atomic mass is 10.2. The summed E-state index contributed by atoms with van der Waals surface area (Å²) in [5.74, 6) is -0.470. The fraction of sp³-hybridized carbons (Fsp3) is 0.474. The van der Waals surface area contributed by atoms with Gasteiger partial charge >= 0.3 is 0 Å². The highest BCUT2D eigenvalue weighted by Crippen LogP contribution is 2.25. The number of sulfone groups is 1. The van der Waals surface area contributed by atoms with E-state index in [-0.39, 0.29) is 11.7 Å². The zero-order valence-corrected chi connectivity index (χ0v) is 16.6. The van der Waals surface area contributed by atoms with Crippen LogP contribution in [0.25, 0.3) is 10.6 Å². The molecule has 2 aromatic rings. The second-order valence-electron chi connectivity index (χ2n) is 6.70. The molecule has 5 nitrogen and oxygen atoms in total.